The number of methoxy groups -OCH3 is 1. The molecule has 0 saturated carbocycles. The average Bonchev–Trinajstić information content (AvgIpc) is 2.49. The normalized spacial score (nSPS) is 14.2. The third-order valence-corrected chi connectivity index (χ3v) is 3.24. The topological polar surface area (TPSA) is 38.3 Å². The Labute approximate surface area is 125 Å². The number of para-hydroxylation sites is 1. The van der Waals surface area contributed by atoms with Gasteiger partial charge in [0.2, 0.25) is 0 Å². The van der Waals surface area contributed by atoms with Gasteiger partial charge in [0.15, 0.2) is 0 Å². The van der Waals surface area contributed by atoms with Gasteiger partial charge in [-0.2, -0.15) is 13.2 Å². The second-order valence-electron chi connectivity index (χ2n) is 4.57. The Bertz CT molecular complexity index is 629. The van der Waals surface area contributed by atoms with Gasteiger partial charge < -0.3 is 10.1 Å². The van der Waals surface area contributed by atoms with Gasteiger partial charge >= 0.3 is 6.18 Å². The molecular formula is C16H14F3NO2. The Hall–Kier alpha value is -2.34. The van der Waals surface area contributed by atoms with E-state index >= 15 is 0 Å². The number of ether oxygens (including phenoxy) is 1. The number of hydrogen-bond acceptors (Lipinski definition) is 2. The summed E-state index contributed by atoms with van der Waals surface area (Å²) in [6, 6.07) is 14.7. The first kappa shape index (κ1) is 16.0. The predicted molar refractivity (Wildman–Crippen MR) is 76.3 cm³/mol. The molecular weight excluding hydrogens is 295 g/mol. The molecule has 1 N–H and O–H groups in total. The Morgan fingerprint density at radius 3 is 1.91 bits per heavy atom. The smallest absolute Gasteiger partial charge is 0.356 e. The molecule has 2 aromatic rings. The molecule has 0 unspecified atom stereocenters. The highest BCUT2D eigenvalue weighted by Crippen LogP contribution is 2.42. The largest absolute Gasteiger partial charge is 0.430 e. The van der Waals surface area contributed by atoms with E-state index in [1.165, 1.54) is 36.4 Å². The lowest BCUT2D eigenvalue weighted by molar-refractivity contribution is -0.263. The number of halogens is 3. The molecule has 116 valence electrons. The van der Waals surface area contributed by atoms with E-state index in [2.05, 4.69) is 10.1 Å². The quantitative estimate of drug-likeness (QED) is 0.934. The SMILES string of the molecule is CO[C@](C(=O)Nc1ccccc1)(c1ccccc1)C(F)(F)F. The molecule has 1 amide bonds. The Morgan fingerprint density at radius 2 is 1.45 bits per heavy atom. The van der Waals surface area contributed by atoms with E-state index in [9.17, 15) is 18.0 Å². The number of alkyl halides is 3. The van der Waals surface area contributed by atoms with E-state index in [4.69, 9.17) is 0 Å². The highest BCUT2D eigenvalue weighted by molar-refractivity contribution is 5.98. The maximum Gasteiger partial charge on any atom is 0.430 e. The monoisotopic (exact) mass is 309 g/mol. The first-order chi connectivity index (χ1) is 10.4. The maximum atomic E-state index is 13.6. The lowest BCUT2D eigenvalue weighted by atomic mass is 9.91. The van der Waals surface area contributed by atoms with E-state index < -0.39 is 17.7 Å². The van der Waals surface area contributed by atoms with Gasteiger partial charge in [-0.15, -0.1) is 0 Å². The third-order valence-electron chi connectivity index (χ3n) is 3.24. The van der Waals surface area contributed by atoms with Gasteiger partial charge in [0.1, 0.15) is 0 Å². The minimum absolute atomic E-state index is 0.258. The van der Waals surface area contributed by atoms with Crippen molar-refractivity contribution in [1.29, 1.82) is 0 Å². The molecule has 0 bridgehead atoms. The van der Waals surface area contributed by atoms with Crippen LogP contribution in [0.2, 0.25) is 0 Å². The van der Waals surface area contributed by atoms with Crippen LogP contribution in [0.5, 0.6) is 0 Å². The molecule has 6 heteroatoms. The number of carbonyl (C=O) groups excluding carboxylic acids is 1. The van der Waals surface area contributed by atoms with Crippen LogP contribution in [0.3, 0.4) is 0 Å². The zero-order valence-electron chi connectivity index (χ0n) is 11.7. The van der Waals surface area contributed by atoms with Crippen LogP contribution in [0.25, 0.3) is 0 Å². The van der Waals surface area contributed by atoms with Crippen LogP contribution in [0.4, 0.5) is 18.9 Å². The summed E-state index contributed by atoms with van der Waals surface area (Å²) in [6.07, 6.45) is -4.91. The summed E-state index contributed by atoms with van der Waals surface area (Å²) in [7, 11) is 0.866. The number of hydrogen-bond donors (Lipinski definition) is 1. The molecule has 1 atom stereocenters. The standard InChI is InChI=1S/C16H14F3NO2/c1-22-15(16(17,18)19,12-8-4-2-5-9-12)14(21)20-13-10-6-3-7-11-13/h2-11H,1H3,(H,20,21)/t15-/m0/s1. The summed E-state index contributed by atoms with van der Waals surface area (Å²) in [5, 5.41) is 2.25. The molecule has 0 aliphatic carbocycles. The zero-order chi connectivity index (χ0) is 16.2. The van der Waals surface area contributed by atoms with Gasteiger partial charge in [-0.3, -0.25) is 4.79 Å². The van der Waals surface area contributed by atoms with Crippen molar-refractivity contribution in [3.8, 4) is 0 Å². The van der Waals surface area contributed by atoms with Crippen molar-refractivity contribution in [2.75, 3.05) is 12.4 Å². The van der Waals surface area contributed by atoms with Crippen molar-refractivity contribution in [2.45, 2.75) is 11.8 Å². The predicted octanol–water partition coefficient (Wildman–Crippen LogP) is 3.73. The first-order valence-corrected chi connectivity index (χ1v) is 6.45. The van der Waals surface area contributed by atoms with Crippen molar-refractivity contribution < 1.29 is 22.7 Å². The van der Waals surface area contributed by atoms with Crippen LogP contribution >= 0.6 is 0 Å². The average molecular weight is 309 g/mol. The summed E-state index contributed by atoms with van der Waals surface area (Å²) in [5.74, 6) is -1.29. The van der Waals surface area contributed by atoms with E-state index in [1.54, 1.807) is 24.3 Å². The Kier molecular flexibility index (Phi) is 4.51. The van der Waals surface area contributed by atoms with E-state index in [0.29, 0.717) is 0 Å². The second kappa shape index (κ2) is 6.19. The summed E-state index contributed by atoms with van der Waals surface area (Å²) >= 11 is 0. The van der Waals surface area contributed by atoms with Gasteiger partial charge in [-0.1, -0.05) is 48.5 Å². The van der Waals surface area contributed by atoms with Crippen molar-refractivity contribution in [2.24, 2.45) is 0 Å². The van der Waals surface area contributed by atoms with Gasteiger partial charge in [-0.05, 0) is 12.1 Å². The number of nitrogens with one attached hydrogen (secondary N) is 1. The molecule has 0 saturated heterocycles. The zero-order valence-corrected chi connectivity index (χ0v) is 11.7. The molecule has 0 aliphatic heterocycles. The van der Waals surface area contributed by atoms with E-state index in [1.807, 2.05) is 0 Å². The summed E-state index contributed by atoms with van der Waals surface area (Å²) < 4.78 is 45.6. The Morgan fingerprint density at radius 1 is 0.955 bits per heavy atom. The fraction of sp³-hybridized carbons (Fsp3) is 0.188. The van der Waals surface area contributed by atoms with Crippen molar-refractivity contribution in [1.82, 2.24) is 0 Å². The van der Waals surface area contributed by atoms with Gasteiger partial charge in [0.25, 0.3) is 11.5 Å². The van der Waals surface area contributed by atoms with E-state index in [-0.39, 0.29) is 11.3 Å². The summed E-state index contributed by atoms with van der Waals surface area (Å²) in [4.78, 5) is 12.4. The molecule has 22 heavy (non-hydrogen) atoms. The molecule has 0 spiro atoms. The van der Waals surface area contributed by atoms with E-state index in [0.717, 1.165) is 7.11 Å². The van der Waals surface area contributed by atoms with Gasteiger partial charge in [0, 0.05) is 18.4 Å². The fourth-order valence-corrected chi connectivity index (χ4v) is 2.16. The fourth-order valence-electron chi connectivity index (χ4n) is 2.16. The highest BCUT2D eigenvalue weighted by atomic mass is 19.4. The number of amides is 1. The molecule has 0 radical (unpaired) electrons. The summed E-state index contributed by atoms with van der Waals surface area (Å²) in [6.45, 7) is 0. The second-order valence-corrected chi connectivity index (χ2v) is 4.57. The lowest BCUT2D eigenvalue weighted by Crippen LogP contribution is -2.53. The molecule has 0 fully saturated rings. The van der Waals surface area contributed by atoms with Crippen molar-refractivity contribution >= 4 is 11.6 Å². The molecule has 2 aromatic carbocycles. The molecule has 2 rings (SSSR count). The van der Waals surface area contributed by atoms with Crippen LogP contribution in [-0.4, -0.2) is 19.2 Å². The van der Waals surface area contributed by atoms with Crippen LogP contribution in [0.15, 0.2) is 60.7 Å². The number of benzene rings is 2. The number of rotatable bonds is 4. The van der Waals surface area contributed by atoms with Crippen molar-refractivity contribution in [3.05, 3.63) is 66.2 Å². The first-order valence-electron chi connectivity index (χ1n) is 6.45. The van der Waals surface area contributed by atoms with Gasteiger partial charge in [-0.25, -0.2) is 0 Å². The van der Waals surface area contributed by atoms with Gasteiger partial charge in [0.05, 0.1) is 0 Å². The molecule has 0 aliphatic rings. The van der Waals surface area contributed by atoms with Crippen LogP contribution in [0.1, 0.15) is 5.56 Å². The van der Waals surface area contributed by atoms with Crippen LogP contribution in [-0.2, 0) is 15.1 Å². The highest BCUT2D eigenvalue weighted by Gasteiger charge is 2.62. The minimum Gasteiger partial charge on any atom is -0.356 e. The van der Waals surface area contributed by atoms with Crippen LogP contribution < -0.4 is 5.32 Å². The Balaban J connectivity index is 2.47. The maximum absolute atomic E-state index is 13.6. The summed E-state index contributed by atoms with van der Waals surface area (Å²) in [5.41, 5.74) is -3.09. The van der Waals surface area contributed by atoms with Crippen LogP contribution in [0, 0.1) is 0 Å². The molecule has 3 nitrogen and oxygen atoms in total. The lowest BCUT2D eigenvalue weighted by Gasteiger charge is -2.33. The minimum atomic E-state index is -4.91. The molecule has 0 heterocycles. The number of carbonyl (C=O) groups is 1. The number of anilines is 1. The molecule has 0 aromatic heterocycles. The third kappa shape index (κ3) is 2.82. The van der Waals surface area contributed by atoms with Crippen molar-refractivity contribution in [3.63, 3.8) is 0 Å².